The summed E-state index contributed by atoms with van der Waals surface area (Å²) in [6.07, 6.45) is 7.70. The topological polar surface area (TPSA) is 125 Å². The molecule has 3 aliphatic rings. The van der Waals surface area contributed by atoms with Crippen molar-refractivity contribution in [3.8, 4) is 0 Å². The molecule has 0 saturated carbocycles. The van der Waals surface area contributed by atoms with Crippen molar-refractivity contribution in [2.75, 3.05) is 19.6 Å². The number of rotatable bonds is 9. The quantitative estimate of drug-likeness (QED) is 0.201. The number of aryl methyl sites for hydroxylation is 1. The Morgan fingerprint density at radius 2 is 1.60 bits per heavy atom. The minimum absolute atomic E-state index is 0.00214. The van der Waals surface area contributed by atoms with Crippen molar-refractivity contribution in [2.24, 2.45) is 0 Å². The van der Waals surface area contributed by atoms with Crippen LogP contribution in [0.15, 0.2) is 83.8 Å². The van der Waals surface area contributed by atoms with E-state index in [2.05, 4.69) is 75.7 Å². The summed E-state index contributed by atoms with van der Waals surface area (Å²) in [5, 5.41) is 6.89. The number of carboxylic acid groups (broad SMARTS) is 1. The third kappa shape index (κ3) is 7.36. The predicted octanol–water partition coefficient (Wildman–Crippen LogP) is 6.16. The number of piperidine rings is 2. The van der Waals surface area contributed by atoms with Crippen LogP contribution >= 0.6 is 0 Å². The average Bonchev–Trinajstić information content (AvgIpc) is 3.57. The lowest BCUT2D eigenvalue weighted by molar-refractivity contribution is -0.122. The first-order valence-corrected chi connectivity index (χ1v) is 19.3. The summed E-state index contributed by atoms with van der Waals surface area (Å²) in [4.78, 5) is 31.8. The smallest absolute Gasteiger partial charge is 0.290 e. The highest BCUT2D eigenvalue weighted by Gasteiger charge is 2.44. The number of sulfonamides is 1. The van der Waals surface area contributed by atoms with E-state index in [1.54, 1.807) is 32.0 Å². The number of para-hydroxylation sites is 2. The van der Waals surface area contributed by atoms with Gasteiger partial charge in [-0.15, -0.1) is 0 Å². The van der Waals surface area contributed by atoms with Gasteiger partial charge in [-0.2, -0.15) is 0 Å². The molecule has 1 amide bonds. The molecular formula is C39H49N5O5S. The summed E-state index contributed by atoms with van der Waals surface area (Å²) in [6.45, 7) is 7.84. The molecule has 3 aromatic carbocycles. The summed E-state index contributed by atoms with van der Waals surface area (Å²) in [6, 6.07) is 27.3. The molecule has 2 bridgehead atoms. The second-order valence-electron chi connectivity index (χ2n) is 14.4. The van der Waals surface area contributed by atoms with Gasteiger partial charge in [0, 0.05) is 42.8 Å². The number of carbonyl (C=O) groups is 2. The van der Waals surface area contributed by atoms with Crippen LogP contribution in [0.2, 0.25) is 0 Å². The fraction of sp³-hybridized carbons (Fsp3) is 0.462. The van der Waals surface area contributed by atoms with Gasteiger partial charge in [0.05, 0.1) is 15.9 Å². The lowest BCUT2D eigenvalue weighted by Gasteiger charge is -2.45. The van der Waals surface area contributed by atoms with E-state index in [0.29, 0.717) is 36.8 Å². The van der Waals surface area contributed by atoms with E-state index in [4.69, 9.17) is 14.9 Å². The molecule has 3 atom stereocenters. The highest BCUT2D eigenvalue weighted by molar-refractivity contribution is 7.89. The number of benzene rings is 3. The van der Waals surface area contributed by atoms with Gasteiger partial charge in [0.1, 0.15) is 5.82 Å². The lowest BCUT2D eigenvalue weighted by atomic mass is 9.70. The van der Waals surface area contributed by atoms with E-state index in [0.717, 1.165) is 37.1 Å². The maximum absolute atomic E-state index is 13.7. The Morgan fingerprint density at radius 3 is 2.26 bits per heavy atom. The van der Waals surface area contributed by atoms with Crippen LogP contribution < -0.4 is 4.72 Å². The summed E-state index contributed by atoms with van der Waals surface area (Å²) < 4.78 is 30.7. The second-order valence-corrected chi connectivity index (χ2v) is 16.1. The van der Waals surface area contributed by atoms with E-state index in [1.165, 1.54) is 42.8 Å². The number of likely N-dealkylation sites (tertiary alicyclic amines) is 1. The van der Waals surface area contributed by atoms with Crippen molar-refractivity contribution < 1.29 is 23.1 Å². The Labute approximate surface area is 295 Å². The molecular weight excluding hydrogens is 651 g/mol. The van der Waals surface area contributed by atoms with Crippen molar-refractivity contribution in [1.29, 1.82) is 0 Å². The number of aromatic nitrogens is 2. The monoisotopic (exact) mass is 699 g/mol. The van der Waals surface area contributed by atoms with Crippen LogP contribution in [0.4, 0.5) is 0 Å². The van der Waals surface area contributed by atoms with E-state index < -0.39 is 10.0 Å². The Bertz CT molecular complexity index is 1890. The number of carbonyl (C=O) groups excluding carboxylic acids is 1. The zero-order chi connectivity index (χ0) is 35.5. The lowest BCUT2D eigenvalue weighted by Crippen LogP contribution is -2.49. The molecule has 3 fully saturated rings. The van der Waals surface area contributed by atoms with Gasteiger partial charge in [0.25, 0.3) is 12.4 Å². The Morgan fingerprint density at radius 1 is 0.960 bits per heavy atom. The maximum atomic E-state index is 13.7. The van der Waals surface area contributed by atoms with Gasteiger partial charge < -0.3 is 14.6 Å². The van der Waals surface area contributed by atoms with E-state index >= 15 is 0 Å². The molecule has 0 radical (unpaired) electrons. The number of nitrogens with one attached hydrogen (secondary N) is 1. The molecule has 10 nitrogen and oxygen atoms in total. The molecule has 4 heterocycles. The highest BCUT2D eigenvalue weighted by Crippen LogP contribution is 2.45. The largest absolute Gasteiger partial charge is 0.483 e. The van der Waals surface area contributed by atoms with Gasteiger partial charge in [-0.05, 0) is 114 Å². The fourth-order valence-corrected chi connectivity index (χ4v) is 10.1. The first-order chi connectivity index (χ1) is 24.0. The molecule has 0 spiro atoms. The van der Waals surface area contributed by atoms with Gasteiger partial charge in [0.15, 0.2) is 0 Å². The fourth-order valence-electron chi connectivity index (χ4n) is 8.76. The molecule has 266 valence electrons. The van der Waals surface area contributed by atoms with Gasteiger partial charge in [0.2, 0.25) is 10.0 Å². The molecule has 50 heavy (non-hydrogen) atoms. The van der Waals surface area contributed by atoms with Gasteiger partial charge in [-0.3, -0.25) is 14.5 Å². The van der Waals surface area contributed by atoms with Crippen LogP contribution in [-0.2, 0) is 20.2 Å². The molecule has 0 aliphatic carbocycles. The number of hydrogen-bond donors (Lipinski definition) is 2. The summed E-state index contributed by atoms with van der Waals surface area (Å²) in [5.41, 5.74) is 4.13. The predicted molar refractivity (Wildman–Crippen MR) is 195 cm³/mol. The van der Waals surface area contributed by atoms with Crippen LogP contribution in [0.25, 0.3) is 11.0 Å². The molecule has 3 aliphatic heterocycles. The number of fused-ring (bicyclic) bond motifs is 3. The molecule has 7 rings (SSSR count). The van der Waals surface area contributed by atoms with Crippen molar-refractivity contribution in [3.05, 3.63) is 95.8 Å². The maximum Gasteiger partial charge on any atom is 0.290 e. The number of amides is 1. The third-order valence-corrected chi connectivity index (χ3v) is 12.7. The number of nitrogens with zero attached hydrogens (tertiary/aromatic N) is 4. The van der Waals surface area contributed by atoms with Crippen LogP contribution in [0.5, 0.6) is 0 Å². The Kier molecular flexibility index (Phi) is 10.8. The van der Waals surface area contributed by atoms with Crippen LogP contribution in [0.3, 0.4) is 0 Å². The summed E-state index contributed by atoms with van der Waals surface area (Å²) in [7, 11) is -3.68. The van der Waals surface area contributed by atoms with Crippen LogP contribution in [0.1, 0.15) is 86.6 Å². The molecule has 4 aromatic rings. The molecule has 3 saturated heterocycles. The van der Waals surface area contributed by atoms with Crippen LogP contribution in [0, 0.1) is 6.92 Å². The highest BCUT2D eigenvalue weighted by atomic mass is 32.2. The molecule has 2 N–H and O–H groups in total. The normalized spacial score (nSPS) is 21.9. The van der Waals surface area contributed by atoms with Crippen LogP contribution in [-0.4, -0.2) is 83.0 Å². The Balaban J connectivity index is 0.00000139. The zero-order valence-corrected chi connectivity index (χ0v) is 30.1. The Hall–Kier alpha value is -4.06. The van der Waals surface area contributed by atoms with Crippen molar-refractivity contribution in [2.45, 2.75) is 100 Å². The van der Waals surface area contributed by atoms with Gasteiger partial charge in [-0.25, -0.2) is 18.1 Å². The minimum atomic E-state index is -3.68. The number of imidazole rings is 1. The van der Waals surface area contributed by atoms with E-state index in [-0.39, 0.29) is 28.7 Å². The SMILES string of the molecule is Cc1nc2ccccc2n1C1C[C@H]2CC[C@@H](C1)N2CCC1(c2ccccc2)CCN(C(=O)c2cccc(S(=O)(=O)NC(C)C)c2)CC1.O=CO. The molecule has 11 heteroatoms. The third-order valence-electron chi connectivity index (χ3n) is 11.0. The van der Waals surface area contributed by atoms with Gasteiger partial charge in [-0.1, -0.05) is 48.5 Å². The number of hydrogen-bond acceptors (Lipinski definition) is 6. The zero-order valence-electron chi connectivity index (χ0n) is 29.2. The second kappa shape index (κ2) is 15.0. The van der Waals surface area contributed by atoms with Crippen molar-refractivity contribution in [3.63, 3.8) is 0 Å². The summed E-state index contributed by atoms with van der Waals surface area (Å²) >= 11 is 0. The van der Waals surface area contributed by atoms with E-state index in [9.17, 15) is 13.2 Å². The minimum Gasteiger partial charge on any atom is -0.483 e. The summed E-state index contributed by atoms with van der Waals surface area (Å²) in [5.74, 6) is 1.02. The first kappa shape index (κ1) is 35.8. The molecule has 1 aromatic heterocycles. The average molecular weight is 700 g/mol. The van der Waals surface area contributed by atoms with Crippen molar-refractivity contribution >= 4 is 33.4 Å². The first-order valence-electron chi connectivity index (χ1n) is 17.8. The molecule has 1 unspecified atom stereocenters. The standard InChI is InChI=1S/C38H47N5O3S.CH2O2/c1-27(2)40-47(45,46)34-13-9-10-29(24-34)37(44)41-21-18-38(19-22-41,30-11-5-4-6-12-30)20-23-42-31-16-17-32(42)26-33(25-31)43-28(3)39-35-14-7-8-15-36(35)43;2-1-3/h4-15,24,27,31-33,40H,16-23,25-26H2,1-3H3;1H,(H,2,3)/t31-,32+,33?;. The van der Waals surface area contributed by atoms with Gasteiger partial charge >= 0.3 is 0 Å². The van der Waals surface area contributed by atoms with Crippen molar-refractivity contribution in [1.82, 2.24) is 24.1 Å². The van der Waals surface area contributed by atoms with E-state index in [1.807, 2.05) is 4.90 Å².